The molecule has 2 N–H and O–H groups in total. The molecule has 0 aliphatic carbocycles. The highest BCUT2D eigenvalue weighted by atomic mass is 16.4. The van der Waals surface area contributed by atoms with E-state index in [4.69, 9.17) is 9.97 Å². The highest BCUT2D eigenvalue weighted by Crippen LogP contribution is 2.32. The van der Waals surface area contributed by atoms with Crippen LogP contribution in [0.2, 0.25) is 0 Å². The zero-order chi connectivity index (χ0) is 23.1. The SMILES string of the molecule is OB(O)c1cccc2c1c1ccccc1n2-c1nc(-c2ccccc2)cc(-c2ccccc2)n1. The molecule has 5 nitrogen and oxygen atoms in total. The minimum Gasteiger partial charge on any atom is -0.423 e. The van der Waals surface area contributed by atoms with Crippen LogP contribution < -0.4 is 5.46 Å². The Hall–Kier alpha value is -4.26. The van der Waals surface area contributed by atoms with E-state index in [2.05, 4.69) is 0 Å². The lowest BCUT2D eigenvalue weighted by Crippen LogP contribution is -2.30. The van der Waals surface area contributed by atoms with Crippen molar-refractivity contribution < 1.29 is 10.0 Å². The van der Waals surface area contributed by atoms with Crippen molar-refractivity contribution in [2.24, 2.45) is 0 Å². The van der Waals surface area contributed by atoms with Gasteiger partial charge in [0.1, 0.15) is 0 Å². The maximum Gasteiger partial charge on any atom is 0.489 e. The molecule has 6 heteroatoms. The molecule has 34 heavy (non-hydrogen) atoms. The Kier molecular flexibility index (Phi) is 4.95. The van der Waals surface area contributed by atoms with Crippen LogP contribution in [0, 0.1) is 0 Å². The third kappa shape index (κ3) is 3.37. The van der Waals surface area contributed by atoms with E-state index in [9.17, 15) is 10.0 Å². The molecule has 0 saturated heterocycles. The normalized spacial score (nSPS) is 11.2. The van der Waals surface area contributed by atoms with E-state index in [1.807, 2.05) is 108 Å². The number of aromatic nitrogens is 3. The zero-order valence-electron chi connectivity index (χ0n) is 18.2. The van der Waals surface area contributed by atoms with Crippen LogP contribution in [0.3, 0.4) is 0 Å². The van der Waals surface area contributed by atoms with E-state index in [1.165, 1.54) is 0 Å². The Balaban J connectivity index is 1.71. The largest absolute Gasteiger partial charge is 0.489 e. The summed E-state index contributed by atoms with van der Waals surface area (Å²) in [6.45, 7) is 0. The summed E-state index contributed by atoms with van der Waals surface area (Å²) < 4.78 is 2.00. The first kappa shape index (κ1) is 20.4. The van der Waals surface area contributed by atoms with Crippen molar-refractivity contribution in [1.82, 2.24) is 14.5 Å². The van der Waals surface area contributed by atoms with Crippen molar-refractivity contribution in [2.45, 2.75) is 0 Å². The van der Waals surface area contributed by atoms with Gasteiger partial charge in [-0.2, -0.15) is 0 Å². The van der Waals surface area contributed by atoms with E-state index in [1.54, 1.807) is 6.07 Å². The average Bonchev–Trinajstić information content (AvgIpc) is 3.24. The fraction of sp³-hybridized carbons (Fsp3) is 0. The summed E-state index contributed by atoms with van der Waals surface area (Å²) in [5.41, 5.74) is 5.79. The van der Waals surface area contributed by atoms with Crippen molar-refractivity contribution in [3.8, 4) is 28.5 Å². The van der Waals surface area contributed by atoms with Gasteiger partial charge >= 0.3 is 7.12 Å². The van der Waals surface area contributed by atoms with Gasteiger partial charge in [-0.3, -0.25) is 4.57 Å². The molecule has 0 aliphatic rings. The minimum absolute atomic E-state index is 0.454. The van der Waals surface area contributed by atoms with Gasteiger partial charge in [-0.15, -0.1) is 0 Å². The topological polar surface area (TPSA) is 71.2 Å². The third-order valence-electron chi connectivity index (χ3n) is 6.06. The molecule has 6 aromatic rings. The molecule has 0 spiro atoms. The summed E-state index contributed by atoms with van der Waals surface area (Å²) in [4.78, 5) is 9.95. The fourth-order valence-corrected chi connectivity index (χ4v) is 4.53. The van der Waals surface area contributed by atoms with E-state index >= 15 is 0 Å². The number of benzene rings is 4. The maximum atomic E-state index is 10.1. The highest BCUT2D eigenvalue weighted by Gasteiger charge is 2.22. The van der Waals surface area contributed by atoms with Gasteiger partial charge in [0, 0.05) is 21.9 Å². The number of nitrogens with zero attached hydrogens (tertiary/aromatic N) is 3. The Morgan fingerprint density at radius 2 is 1.15 bits per heavy atom. The van der Waals surface area contributed by atoms with Crippen molar-refractivity contribution in [1.29, 1.82) is 0 Å². The molecular weight excluding hydrogens is 421 g/mol. The van der Waals surface area contributed by atoms with Crippen LogP contribution in [0.4, 0.5) is 0 Å². The molecule has 0 radical (unpaired) electrons. The summed E-state index contributed by atoms with van der Waals surface area (Å²) in [5.74, 6) is 0.524. The van der Waals surface area contributed by atoms with Crippen LogP contribution in [0.25, 0.3) is 50.3 Å². The van der Waals surface area contributed by atoms with Gasteiger partial charge < -0.3 is 10.0 Å². The van der Waals surface area contributed by atoms with E-state index in [-0.39, 0.29) is 0 Å². The molecule has 2 aromatic heterocycles. The van der Waals surface area contributed by atoms with Crippen molar-refractivity contribution in [3.05, 3.63) is 109 Å². The lowest BCUT2D eigenvalue weighted by Gasteiger charge is -2.12. The molecule has 162 valence electrons. The van der Waals surface area contributed by atoms with E-state index in [0.29, 0.717) is 11.4 Å². The van der Waals surface area contributed by atoms with Crippen LogP contribution in [-0.4, -0.2) is 31.7 Å². The summed E-state index contributed by atoms with van der Waals surface area (Å²) in [7, 11) is -1.58. The zero-order valence-corrected chi connectivity index (χ0v) is 18.2. The first-order chi connectivity index (χ1) is 16.7. The molecular formula is C28H20BN3O2. The van der Waals surface area contributed by atoms with Crippen LogP contribution in [-0.2, 0) is 0 Å². The second-order valence-corrected chi connectivity index (χ2v) is 8.14. The molecule has 0 amide bonds. The molecule has 4 aromatic carbocycles. The molecule has 0 unspecified atom stereocenters. The van der Waals surface area contributed by atoms with E-state index < -0.39 is 7.12 Å². The number of fused-ring (bicyclic) bond motifs is 3. The van der Waals surface area contributed by atoms with Crippen molar-refractivity contribution >= 4 is 34.4 Å². The second-order valence-electron chi connectivity index (χ2n) is 8.14. The van der Waals surface area contributed by atoms with Crippen LogP contribution >= 0.6 is 0 Å². The highest BCUT2D eigenvalue weighted by molar-refractivity contribution is 6.63. The van der Waals surface area contributed by atoms with Gasteiger partial charge in [-0.05, 0) is 23.7 Å². The van der Waals surface area contributed by atoms with Gasteiger partial charge in [-0.1, -0.05) is 91.0 Å². The number of para-hydroxylation sites is 1. The standard InChI is InChI=1S/C28H20BN3O2/c33-29(34)22-15-9-17-26-27(22)21-14-7-8-16-25(21)32(26)28-30-23(19-10-3-1-4-11-19)18-24(31-28)20-12-5-2-6-13-20/h1-18,33-34H. The van der Waals surface area contributed by atoms with Crippen LogP contribution in [0.1, 0.15) is 0 Å². The smallest absolute Gasteiger partial charge is 0.423 e. The van der Waals surface area contributed by atoms with Gasteiger partial charge in [-0.25, -0.2) is 9.97 Å². The number of hydrogen-bond acceptors (Lipinski definition) is 4. The first-order valence-electron chi connectivity index (χ1n) is 11.1. The predicted molar refractivity (Wildman–Crippen MR) is 137 cm³/mol. The maximum absolute atomic E-state index is 10.1. The molecule has 0 atom stereocenters. The molecule has 0 aliphatic heterocycles. The molecule has 6 rings (SSSR count). The predicted octanol–water partition coefficient (Wildman–Crippen LogP) is 4.59. The van der Waals surface area contributed by atoms with Gasteiger partial charge in [0.05, 0.1) is 22.4 Å². The Morgan fingerprint density at radius 1 is 0.588 bits per heavy atom. The Morgan fingerprint density at radius 3 is 1.76 bits per heavy atom. The lowest BCUT2D eigenvalue weighted by molar-refractivity contribution is 0.426. The van der Waals surface area contributed by atoms with Crippen LogP contribution in [0.5, 0.6) is 0 Å². The molecule has 0 saturated carbocycles. The Labute approximate surface area is 196 Å². The van der Waals surface area contributed by atoms with Gasteiger partial charge in [0.2, 0.25) is 5.95 Å². The van der Waals surface area contributed by atoms with Crippen molar-refractivity contribution in [2.75, 3.05) is 0 Å². The van der Waals surface area contributed by atoms with Crippen molar-refractivity contribution in [3.63, 3.8) is 0 Å². The number of hydrogen-bond donors (Lipinski definition) is 2. The third-order valence-corrected chi connectivity index (χ3v) is 6.06. The molecule has 0 fully saturated rings. The average molecular weight is 441 g/mol. The fourth-order valence-electron chi connectivity index (χ4n) is 4.53. The van der Waals surface area contributed by atoms with Gasteiger partial charge in [0.15, 0.2) is 0 Å². The summed E-state index contributed by atoms with van der Waals surface area (Å²) in [5, 5.41) is 21.8. The summed E-state index contributed by atoms with van der Waals surface area (Å²) in [6.07, 6.45) is 0. The molecule has 2 heterocycles. The van der Waals surface area contributed by atoms with Crippen LogP contribution in [0.15, 0.2) is 109 Å². The first-order valence-corrected chi connectivity index (χ1v) is 11.1. The monoisotopic (exact) mass is 441 g/mol. The second kappa shape index (κ2) is 8.26. The van der Waals surface area contributed by atoms with Gasteiger partial charge in [0.25, 0.3) is 0 Å². The summed E-state index contributed by atoms with van der Waals surface area (Å²) in [6, 6.07) is 35.5. The molecule has 0 bridgehead atoms. The van der Waals surface area contributed by atoms with E-state index in [0.717, 1.165) is 44.3 Å². The minimum atomic E-state index is -1.58. The lowest BCUT2D eigenvalue weighted by atomic mass is 9.77. The Bertz CT molecular complexity index is 1570. The quantitative estimate of drug-likeness (QED) is 0.393. The number of rotatable bonds is 4. The summed E-state index contributed by atoms with van der Waals surface area (Å²) >= 11 is 0.